The SMILES string of the molecule is CC(=O)NC(CCS(=O)(=O)O)CC1(C)CCC(=O)O1. The highest BCUT2D eigenvalue weighted by Gasteiger charge is 2.38. The number of hydrogen-bond acceptors (Lipinski definition) is 5. The molecule has 19 heavy (non-hydrogen) atoms. The van der Waals surface area contributed by atoms with Crippen molar-refractivity contribution in [2.75, 3.05) is 5.75 Å². The summed E-state index contributed by atoms with van der Waals surface area (Å²) in [4.78, 5) is 22.2. The van der Waals surface area contributed by atoms with Crippen LogP contribution in [0.2, 0.25) is 0 Å². The first kappa shape index (κ1) is 15.9. The second-order valence-electron chi connectivity index (χ2n) is 5.10. The highest BCUT2D eigenvalue weighted by Crippen LogP contribution is 2.31. The van der Waals surface area contributed by atoms with Gasteiger partial charge in [-0.15, -0.1) is 0 Å². The van der Waals surface area contributed by atoms with E-state index in [-0.39, 0.29) is 18.3 Å². The van der Waals surface area contributed by atoms with Gasteiger partial charge in [-0.2, -0.15) is 8.42 Å². The molecule has 1 aliphatic rings. The summed E-state index contributed by atoms with van der Waals surface area (Å²) in [5, 5.41) is 2.61. The Labute approximate surface area is 112 Å². The lowest BCUT2D eigenvalue weighted by Crippen LogP contribution is -2.41. The van der Waals surface area contributed by atoms with Gasteiger partial charge in [0.15, 0.2) is 0 Å². The predicted molar refractivity (Wildman–Crippen MR) is 67.0 cm³/mol. The molecule has 1 saturated heterocycles. The van der Waals surface area contributed by atoms with E-state index in [1.807, 2.05) is 0 Å². The number of amides is 1. The van der Waals surface area contributed by atoms with Crippen molar-refractivity contribution in [2.24, 2.45) is 0 Å². The molecule has 0 aromatic carbocycles. The highest BCUT2D eigenvalue weighted by molar-refractivity contribution is 7.85. The maximum Gasteiger partial charge on any atom is 0.306 e. The fourth-order valence-corrected chi connectivity index (χ4v) is 2.79. The molecule has 8 heteroatoms. The van der Waals surface area contributed by atoms with Gasteiger partial charge in [0.05, 0.1) is 5.75 Å². The molecule has 0 aliphatic carbocycles. The van der Waals surface area contributed by atoms with E-state index in [2.05, 4.69) is 5.32 Å². The van der Waals surface area contributed by atoms with E-state index < -0.39 is 27.5 Å². The summed E-state index contributed by atoms with van der Waals surface area (Å²) in [6.45, 7) is 3.07. The first-order valence-electron chi connectivity index (χ1n) is 6.04. The standard InChI is InChI=1S/C11H19NO6S/c1-8(13)12-9(4-6-19(15,16)17)7-11(2)5-3-10(14)18-11/h9H,3-7H2,1-2H3,(H,12,13)(H,15,16,17). The van der Waals surface area contributed by atoms with Crippen LogP contribution in [0.4, 0.5) is 0 Å². The number of nitrogens with one attached hydrogen (secondary N) is 1. The molecule has 110 valence electrons. The second-order valence-corrected chi connectivity index (χ2v) is 6.67. The Balaban J connectivity index is 2.63. The lowest BCUT2D eigenvalue weighted by molar-refractivity contribution is -0.148. The topological polar surface area (TPSA) is 110 Å². The van der Waals surface area contributed by atoms with Crippen LogP contribution < -0.4 is 5.32 Å². The summed E-state index contributed by atoms with van der Waals surface area (Å²) in [6, 6.07) is -0.463. The molecule has 0 spiro atoms. The van der Waals surface area contributed by atoms with Crippen LogP contribution in [0.5, 0.6) is 0 Å². The van der Waals surface area contributed by atoms with Crippen molar-refractivity contribution in [3.63, 3.8) is 0 Å². The number of carbonyl (C=O) groups is 2. The Kier molecular flexibility index (Phi) is 4.92. The molecule has 1 aliphatic heterocycles. The first-order chi connectivity index (χ1) is 8.60. The maximum atomic E-state index is 11.1. The molecule has 0 radical (unpaired) electrons. The van der Waals surface area contributed by atoms with Gasteiger partial charge in [0.25, 0.3) is 10.1 Å². The van der Waals surface area contributed by atoms with Gasteiger partial charge in [-0.25, -0.2) is 0 Å². The monoisotopic (exact) mass is 293 g/mol. The highest BCUT2D eigenvalue weighted by atomic mass is 32.2. The van der Waals surface area contributed by atoms with E-state index in [1.54, 1.807) is 6.92 Å². The van der Waals surface area contributed by atoms with Crippen molar-refractivity contribution in [1.29, 1.82) is 0 Å². The Hall–Kier alpha value is -1.15. The quantitative estimate of drug-likeness (QED) is 0.537. The average molecular weight is 293 g/mol. The molecular formula is C11H19NO6S. The van der Waals surface area contributed by atoms with Crippen LogP contribution in [0.15, 0.2) is 0 Å². The van der Waals surface area contributed by atoms with Crippen molar-refractivity contribution in [1.82, 2.24) is 5.32 Å². The molecule has 2 N–H and O–H groups in total. The Bertz CT molecular complexity index is 460. The number of rotatable bonds is 6. The van der Waals surface area contributed by atoms with Crippen molar-refractivity contribution in [3.8, 4) is 0 Å². The predicted octanol–water partition coefficient (Wildman–Crippen LogP) is 0.255. The van der Waals surface area contributed by atoms with Gasteiger partial charge in [-0.3, -0.25) is 14.1 Å². The minimum Gasteiger partial charge on any atom is -0.459 e. The van der Waals surface area contributed by atoms with E-state index in [0.29, 0.717) is 19.3 Å². The normalized spacial score (nSPS) is 24.9. The molecule has 1 amide bonds. The lowest BCUT2D eigenvalue weighted by Gasteiger charge is -2.28. The van der Waals surface area contributed by atoms with Crippen molar-refractivity contribution >= 4 is 22.0 Å². The van der Waals surface area contributed by atoms with E-state index in [9.17, 15) is 18.0 Å². The lowest BCUT2D eigenvalue weighted by atomic mass is 9.92. The number of cyclic esters (lactones) is 1. The summed E-state index contributed by atoms with van der Waals surface area (Å²) >= 11 is 0. The van der Waals surface area contributed by atoms with Crippen LogP contribution in [0.3, 0.4) is 0 Å². The Morgan fingerprint density at radius 3 is 2.63 bits per heavy atom. The largest absolute Gasteiger partial charge is 0.459 e. The van der Waals surface area contributed by atoms with Gasteiger partial charge in [0, 0.05) is 25.8 Å². The summed E-state index contributed by atoms with van der Waals surface area (Å²) < 4.78 is 35.4. The maximum absolute atomic E-state index is 11.1. The molecule has 1 fully saturated rings. The van der Waals surface area contributed by atoms with E-state index in [0.717, 1.165) is 0 Å². The van der Waals surface area contributed by atoms with Gasteiger partial charge in [-0.1, -0.05) is 0 Å². The molecule has 0 saturated carbocycles. The minimum atomic E-state index is -4.08. The smallest absolute Gasteiger partial charge is 0.306 e. The van der Waals surface area contributed by atoms with Crippen LogP contribution in [-0.2, 0) is 24.4 Å². The first-order valence-corrected chi connectivity index (χ1v) is 7.65. The molecule has 7 nitrogen and oxygen atoms in total. The molecule has 0 aromatic rings. The van der Waals surface area contributed by atoms with Crippen LogP contribution in [-0.4, -0.2) is 42.2 Å². The van der Waals surface area contributed by atoms with Gasteiger partial charge in [0.2, 0.25) is 5.91 Å². The van der Waals surface area contributed by atoms with Crippen molar-refractivity contribution < 1.29 is 27.3 Å². The Morgan fingerprint density at radius 2 is 2.21 bits per heavy atom. The molecule has 1 rings (SSSR count). The summed E-state index contributed by atoms with van der Waals surface area (Å²) in [7, 11) is -4.08. The van der Waals surface area contributed by atoms with Crippen molar-refractivity contribution in [2.45, 2.75) is 51.2 Å². The second kappa shape index (κ2) is 5.87. The third kappa shape index (κ3) is 6.02. The molecule has 2 atom stereocenters. The molecule has 2 unspecified atom stereocenters. The zero-order valence-electron chi connectivity index (χ0n) is 11.0. The van der Waals surface area contributed by atoms with Crippen LogP contribution >= 0.6 is 0 Å². The van der Waals surface area contributed by atoms with E-state index in [4.69, 9.17) is 9.29 Å². The minimum absolute atomic E-state index is 0.0750. The van der Waals surface area contributed by atoms with Crippen LogP contribution in [0.1, 0.15) is 39.5 Å². The summed E-state index contributed by atoms with van der Waals surface area (Å²) in [5.41, 5.74) is -0.691. The van der Waals surface area contributed by atoms with Crippen LogP contribution in [0.25, 0.3) is 0 Å². The summed E-state index contributed by atoms with van der Waals surface area (Å²) in [6.07, 6.45) is 1.26. The fraction of sp³-hybridized carbons (Fsp3) is 0.818. The average Bonchev–Trinajstić information content (AvgIpc) is 2.53. The van der Waals surface area contributed by atoms with Gasteiger partial charge >= 0.3 is 5.97 Å². The number of ether oxygens (including phenoxy) is 1. The molecule has 0 bridgehead atoms. The number of hydrogen-bond donors (Lipinski definition) is 2. The Morgan fingerprint density at radius 1 is 1.58 bits per heavy atom. The molecule has 0 aromatic heterocycles. The molecular weight excluding hydrogens is 274 g/mol. The fourth-order valence-electron chi connectivity index (χ4n) is 2.21. The van der Waals surface area contributed by atoms with Gasteiger partial charge in [-0.05, 0) is 19.8 Å². The van der Waals surface area contributed by atoms with Crippen molar-refractivity contribution in [3.05, 3.63) is 0 Å². The zero-order chi connectivity index (χ0) is 14.7. The third-order valence-electron chi connectivity index (χ3n) is 3.03. The van der Waals surface area contributed by atoms with E-state index in [1.165, 1.54) is 6.92 Å². The number of esters is 1. The molecule has 1 heterocycles. The van der Waals surface area contributed by atoms with Crippen LogP contribution in [0, 0.1) is 0 Å². The third-order valence-corrected chi connectivity index (χ3v) is 3.78. The number of carbonyl (C=O) groups excluding carboxylic acids is 2. The van der Waals surface area contributed by atoms with Gasteiger partial charge < -0.3 is 10.1 Å². The van der Waals surface area contributed by atoms with Gasteiger partial charge in [0.1, 0.15) is 5.60 Å². The van der Waals surface area contributed by atoms with E-state index >= 15 is 0 Å². The summed E-state index contributed by atoms with van der Waals surface area (Å²) in [5.74, 6) is -1.03. The zero-order valence-corrected chi connectivity index (χ0v) is 11.8.